The Bertz CT molecular complexity index is 277. The fraction of sp³-hybridized carbons (Fsp3) is 0.917. The zero-order valence-corrected chi connectivity index (χ0v) is 11.7. The fourth-order valence-electron chi connectivity index (χ4n) is 1.60. The van der Waals surface area contributed by atoms with Crippen molar-refractivity contribution in [3.05, 3.63) is 0 Å². The van der Waals surface area contributed by atoms with Crippen LogP contribution in [0, 0.1) is 0 Å². The number of ether oxygens (including phenoxy) is 1. The van der Waals surface area contributed by atoms with E-state index in [2.05, 4.69) is 0 Å². The van der Waals surface area contributed by atoms with Crippen molar-refractivity contribution in [1.82, 2.24) is 4.90 Å². The number of rotatable bonds is 1. The van der Waals surface area contributed by atoms with Gasteiger partial charge in [-0.1, -0.05) is 13.8 Å². The maximum Gasteiger partial charge on any atom is 0.410 e. The number of likely N-dealkylation sites (tertiary alicyclic amines) is 1. The number of halogens is 2. The smallest absolute Gasteiger partial charge is 0.410 e. The summed E-state index contributed by atoms with van der Waals surface area (Å²) >= 11 is 0. The van der Waals surface area contributed by atoms with Gasteiger partial charge in [0, 0.05) is 6.42 Å². The Kier molecular flexibility index (Phi) is 5.99. The molecule has 1 aliphatic heterocycles. The monoisotopic (exact) mass is 267 g/mol. The van der Waals surface area contributed by atoms with Gasteiger partial charge in [0.1, 0.15) is 5.60 Å². The topological polar surface area (TPSA) is 49.8 Å². The molecule has 6 heteroatoms. The van der Waals surface area contributed by atoms with Crippen LogP contribution in [0.25, 0.3) is 0 Å². The maximum atomic E-state index is 13.1. The van der Waals surface area contributed by atoms with Crippen molar-refractivity contribution in [1.29, 1.82) is 0 Å². The summed E-state index contributed by atoms with van der Waals surface area (Å²) in [5, 5.41) is 8.93. The number of hydrogen-bond donors (Lipinski definition) is 1. The van der Waals surface area contributed by atoms with Gasteiger partial charge in [-0.2, -0.15) is 0 Å². The van der Waals surface area contributed by atoms with E-state index >= 15 is 0 Å². The van der Waals surface area contributed by atoms with Gasteiger partial charge in [-0.25, -0.2) is 13.6 Å². The molecule has 0 aliphatic carbocycles. The first-order valence-electron chi connectivity index (χ1n) is 6.13. The van der Waals surface area contributed by atoms with Crippen LogP contribution in [0.3, 0.4) is 0 Å². The molecule has 1 rings (SSSR count). The molecule has 1 amide bonds. The van der Waals surface area contributed by atoms with Gasteiger partial charge in [0.2, 0.25) is 0 Å². The predicted molar refractivity (Wildman–Crippen MR) is 64.7 cm³/mol. The van der Waals surface area contributed by atoms with Crippen molar-refractivity contribution in [2.75, 3.05) is 13.2 Å². The first-order valence-corrected chi connectivity index (χ1v) is 6.13. The Morgan fingerprint density at radius 2 is 1.94 bits per heavy atom. The van der Waals surface area contributed by atoms with Crippen molar-refractivity contribution in [2.45, 2.75) is 58.6 Å². The number of nitrogens with zero attached hydrogens (tertiary/aromatic N) is 1. The van der Waals surface area contributed by atoms with Crippen LogP contribution in [0.15, 0.2) is 0 Å². The number of aliphatic hydroxyl groups excluding tert-OH is 1. The second-order valence-electron chi connectivity index (χ2n) is 5.00. The molecule has 18 heavy (non-hydrogen) atoms. The SMILES string of the molecule is CC.CC(C)(C)OC(=O)N1CC(F)(F)CC1CO. The van der Waals surface area contributed by atoms with Gasteiger partial charge in [-0.05, 0) is 20.8 Å². The highest BCUT2D eigenvalue weighted by atomic mass is 19.3. The number of carbonyl (C=O) groups excluding carboxylic acids is 1. The minimum Gasteiger partial charge on any atom is -0.444 e. The van der Waals surface area contributed by atoms with Crippen LogP contribution >= 0.6 is 0 Å². The van der Waals surface area contributed by atoms with E-state index in [4.69, 9.17) is 9.84 Å². The Balaban J connectivity index is 0.00000137. The Morgan fingerprint density at radius 3 is 2.33 bits per heavy atom. The second kappa shape index (κ2) is 6.31. The average molecular weight is 267 g/mol. The summed E-state index contributed by atoms with van der Waals surface area (Å²) in [6, 6.07) is -0.857. The quantitative estimate of drug-likeness (QED) is 0.794. The zero-order chi connectivity index (χ0) is 14.6. The van der Waals surface area contributed by atoms with E-state index in [9.17, 15) is 13.6 Å². The molecular weight excluding hydrogens is 244 g/mol. The standard InChI is InChI=1S/C10H17F2NO3.C2H6/c1-9(2,3)16-8(15)13-6-10(11,12)4-7(13)5-14;1-2/h7,14H,4-6H2,1-3H3;1-2H3. The summed E-state index contributed by atoms with van der Waals surface area (Å²) in [7, 11) is 0. The van der Waals surface area contributed by atoms with Crippen LogP contribution in [0.5, 0.6) is 0 Å². The van der Waals surface area contributed by atoms with Crippen LogP contribution in [-0.2, 0) is 4.74 Å². The summed E-state index contributed by atoms with van der Waals surface area (Å²) < 4.78 is 31.1. The van der Waals surface area contributed by atoms with Crippen molar-refractivity contribution in [3.8, 4) is 0 Å². The summed E-state index contributed by atoms with van der Waals surface area (Å²) in [5.41, 5.74) is -0.727. The van der Waals surface area contributed by atoms with Gasteiger partial charge in [-0.15, -0.1) is 0 Å². The molecule has 108 valence electrons. The molecule has 1 N–H and O–H groups in total. The van der Waals surface area contributed by atoms with Crippen molar-refractivity contribution in [2.24, 2.45) is 0 Å². The largest absolute Gasteiger partial charge is 0.444 e. The van der Waals surface area contributed by atoms with Crippen LogP contribution < -0.4 is 0 Å². The van der Waals surface area contributed by atoms with E-state index < -0.39 is 43.2 Å². The minimum atomic E-state index is -2.94. The van der Waals surface area contributed by atoms with Gasteiger partial charge in [0.15, 0.2) is 0 Å². The first kappa shape index (κ1) is 17.1. The normalized spacial score (nSPS) is 22.2. The lowest BCUT2D eigenvalue weighted by molar-refractivity contribution is -0.00284. The number of carbonyl (C=O) groups is 1. The average Bonchev–Trinajstić information content (AvgIpc) is 2.54. The zero-order valence-electron chi connectivity index (χ0n) is 11.7. The molecule has 0 aromatic carbocycles. The van der Waals surface area contributed by atoms with Crippen molar-refractivity contribution < 1.29 is 23.4 Å². The van der Waals surface area contributed by atoms with Crippen LogP contribution in [0.2, 0.25) is 0 Å². The molecule has 1 aliphatic rings. The minimum absolute atomic E-state index is 0.477. The molecular formula is C12H23F2NO3. The van der Waals surface area contributed by atoms with Gasteiger partial charge < -0.3 is 9.84 Å². The van der Waals surface area contributed by atoms with E-state index in [0.29, 0.717) is 0 Å². The number of amides is 1. The molecule has 1 heterocycles. The summed E-state index contributed by atoms with van der Waals surface area (Å²) in [5.74, 6) is -2.94. The lowest BCUT2D eigenvalue weighted by Gasteiger charge is -2.27. The summed E-state index contributed by atoms with van der Waals surface area (Å²) in [4.78, 5) is 12.5. The number of hydrogen-bond acceptors (Lipinski definition) is 3. The van der Waals surface area contributed by atoms with Crippen molar-refractivity contribution in [3.63, 3.8) is 0 Å². The molecule has 1 unspecified atom stereocenters. The van der Waals surface area contributed by atoms with Gasteiger partial charge in [0.05, 0.1) is 19.2 Å². The van der Waals surface area contributed by atoms with Gasteiger partial charge in [0.25, 0.3) is 5.92 Å². The highest BCUT2D eigenvalue weighted by Crippen LogP contribution is 2.32. The van der Waals surface area contributed by atoms with Gasteiger partial charge >= 0.3 is 6.09 Å². The molecule has 0 radical (unpaired) electrons. The summed E-state index contributed by atoms with van der Waals surface area (Å²) in [6.07, 6.45) is -1.31. The van der Waals surface area contributed by atoms with Crippen LogP contribution in [0.4, 0.5) is 13.6 Å². The third kappa shape index (κ3) is 5.16. The van der Waals surface area contributed by atoms with E-state index in [0.717, 1.165) is 4.90 Å². The molecule has 1 saturated heterocycles. The Hall–Kier alpha value is -0.910. The molecule has 0 bridgehead atoms. The third-order valence-electron chi connectivity index (χ3n) is 2.22. The van der Waals surface area contributed by atoms with Gasteiger partial charge in [-0.3, -0.25) is 4.90 Å². The lowest BCUT2D eigenvalue weighted by Crippen LogP contribution is -2.41. The maximum absolute atomic E-state index is 13.1. The number of alkyl halides is 2. The first-order chi connectivity index (χ1) is 8.14. The molecule has 0 aromatic heterocycles. The predicted octanol–water partition coefficient (Wildman–Crippen LogP) is 2.65. The molecule has 4 nitrogen and oxygen atoms in total. The second-order valence-corrected chi connectivity index (χ2v) is 5.00. The molecule has 0 spiro atoms. The molecule has 1 fully saturated rings. The lowest BCUT2D eigenvalue weighted by atomic mass is 10.2. The van der Waals surface area contributed by atoms with Crippen LogP contribution in [-0.4, -0.2) is 46.8 Å². The Morgan fingerprint density at radius 1 is 1.44 bits per heavy atom. The molecule has 1 atom stereocenters. The molecule has 0 aromatic rings. The van der Waals surface area contributed by atoms with E-state index in [1.54, 1.807) is 20.8 Å². The van der Waals surface area contributed by atoms with E-state index in [1.807, 2.05) is 13.8 Å². The van der Waals surface area contributed by atoms with E-state index in [-0.39, 0.29) is 0 Å². The van der Waals surface area contributed by atoms with Crippen molar-refractivity contribution >= 4 is 6.09 Å². The fourth-order valence-corrected chi connectivity index (χ4v) is 1.60. The van der Waals surface area contributed by atoms with Crippen LogP contribution in [0.1, 0.15) is 41.0 Å². The molecule has 0 saturated carbocycles. The highest BCUT2D eigenvalue weighted by molar-refractivity contribution is 5.69. The Labute approximate surface area is 107 Å². The van der Waals surface area contributed by atoms with E-state index in [1.165, 1.54) is 0 Å². The summed E-state index contributed by atoms with van der Waals surface area (Å²) in [6.45, 7) is 7.81. The third-order valence-corrected chi connectivity index (χ3v) is 2.22. The number of aliphatic hydroxyl groups is 1. The highest BCUT2D eigenvalue weighted by Gasteiger charge is 2.47.